The summed E-state index contributed by atoms with van der Waals surface area (Å²) in [5.74, 6) is -0.393. The highest BCUT2D eigenvalue weighted by atomic mass is 79.9. The number of benzene rings is 1. The Balaban J connectivity index is 2.96. The first-order valence-corrected chi connectivity index (χ1v) is 8.83. The van der Waals surface area contributed by atoms with Gasteiger partial charge in [-0.1, -0.05) is 45.8 Å². The highest BCUT2D eigenvalue weighted by Crippen LogP contribution is 2.13. The summed E-state index contributed by atoms with van der Waals surface area (Å²) in [7, 11) is 1.51. The zero-order valence-corrected chi connectivity index (χ0v) is 16.4. The fraction of sp³-hybridized carbons (Fsp3) is 0.250. The van der Waals surface area contributed by atoms with Crippen LogP contribution in [0, 0.1) is 0 Å². The molecule has 5 nitrogen and oxygen atoms in total. The summed E-state index contributed by atoms with van der Waals surface area (Å²) in [5.41, 5.74) is 2.28. The van der Waals surface area contributed by atoms with Crippen molar-refractivity contribution in [2.24, 2.45) is 0 Å². The lowest BCUT2D eigenvalue weighted by molar-refractivity contribution is -0.118. The van der Waals surface area contributed by atoms with E-state index in [1.807, 2.05) is 43.3 Å². The predicted molar refractivity (Wildman–Crippen MR) is 107 cm³/mol. The number of hydrogen-bond donors (Lipinski definition) is 3. The van der Waals surface area contributed by atoms with Gasteiger partial charge in [-0.05, 0) is 42.8 Å². The van der Waals surface area contributed by atoms with Crippen LogP contribution in [0.3, 0.4) is 0 Å². The van der Waals surface area contributed by atoms with E-state index < -0.39 is 11.9 Å². The number of nitrogens with one attached hydrogen (secondary N) is 1. The number of carbonyl (C=O) groups is 1. The van der Waals surface area contributed by atoms with E-state index in [2.05, 4.69) is 21.2 Å². The largest absolute Gasteiger partial charge is 0.504 e. The van der Waals surface area contributed by atoms with Crippen molar-refractivity contribution in [1.82, 2.24) is 5.32 Å². The first kappa shape index (κ1) is 21.9. The SMILES string of the molecule is CO/C=C/C=C(\C=C(C)\C=C\c1ccc(Br)cc1)C(=O)NC(CO)CO. The summed E-state index contributed by atoms with van der Waals surface area (Å²) in [6, 6.07) is 7.16. The van der Waals surface area contributed by atoms with Crippen LogP contribution >= 0.6 is 15.9 Å². The molecule has 1 aromatic rings. The summed E-state index contributed by atoms with van der Waals surface area (Å²) in [6.45, 7) is 1.21. The van der Waals surface area contributed by atoms with Crippen molar-refractivity contribution >= 4 is 27.9 Å². The summed E-state index contributed by atoms with van der Waals surface area (Å²) >= 11 is 3.40. The van der Waals surface area contributed by atoms with E-state index in [1.165, 1.54) is 13.4 Å². The van der Waals surface area contributed by atoms with Crippen LogP contribution in [0.5, 0.6) is 0 Å². The van der Waals surface area contributed by atoms with Gasteiger partial charge in [0.15, 0.2) is 0 Å². The number of methoxy groups -OCH3 is 1. The fourth-order valence-electron chi connectivity index (χ4n) is 1.92. The molecule has 3 N–H and O–H groups in total. The minimum absolute atomic E-state index is 0.338. The van der Waals surface area contributed by atoms with Gasteiger partial charge in [-0.25, -0.2) is 0 Å². The van der Waals surface area contributed by atoms with E-state index in [0.29, 0.717) is 5.57 Å². The number of amides is 1. The van der Waals surface area contributed by atoms with Crippen molar-refractivity contribution < 1.29 is 19.7 Å². The van der Waals surface area contributed by atoms with E-state index in [1.54, 1.807) is 18.2 Å². The average molecular weight is 422 g/mol. The third-order valence-corrected chi connectivity index (χ3v) is 3.85. The minimum Gasteiger partial charge on any atom is -0.504 e. The third kappa shape index (κ3) is 8.29. The molecular weight excluding hydrogens is 398 g/mol. The lowest BCUT2D eigenvalue weighted by atomic mass is 10.1. The Bertz CT molecular complexity index is 686. The van der Waals surface area contributed by atoms with Crippen LogP contribution in [0.1, 0.15) is 12.5 Å². The minimum atomic E-state index is -0.704. The number of rotatable bonds is 9. The van der Waals surface area contributed by atoms with Crippen molar-refractivity contribution in [3.63, 3.8) is 0 Å². The van der Waals surface area contributed by atoms with Crippen LogP contribution < -0.4 is 5.32 Å². The average Bonchev–Trinajstić information content (AvgIpc) is 2.64. The smallest absolute Gasteiger partial charge is 0.251 e. The van der Waals surface area contributed by atoms with Crippen molar-refractivity contribution in [1.29, 1.82) is 0 Å². The summed E-state index contributed by atoms with van der Waals surface area (Å²) in [4.78, 5) is 12.4. The summed E-state index contributed by atoms with van der Waals surface area (Å²) in [6.07, 6.45) is 10.2. The maximum atomic E-state index is 12.4. The fourth-order valence-corrected chi connectivity index (χ4v) is 2.19. The van der Waals surface area contributed by atoms with Gasteiger partial charge in [-0.2, -0.15) is 0 Å². The zero-order chi connectivity index (χ0) is 19.4. The van der Waals surface area contributed by atoms with E-state index in [9.17, 15) is 4.79 Å². The van der Waals surface area contributed by atoms with Gasteiger partial charge in [0.25, 0.3) is 5.91 Å². The molecule has 140 valence electrons. The molecule has 0 spiro atoms. The Morgan fingerprint density at radius 2 is 1.92 bits per heavy atom. The van der Waals surface area contributed by atoms with Crippen LogP contribution in [-0.4, -0.2) is 42.5 Å². The van der Waals surface area contributed by atoms with Crippen molar-refractivity contribution in [3.8, 4) is 0 Å². The lowest BCUT2D eigenvalue weighted by Gasteiger charge is -2.13. The Hall–Kier alpha value is -2.15. The summed E-state index contributed by atoms with van der Waals surface area (Å²) in [5, 5.41) is 20.8. The van der Waals surface area contributed by atoms with Crippen LogP contribution in [0.4, 0.5) is 0 Å². The normalized spacial score (nSPS) is 13.0. The van der Waals surface area contributed by atoms with Gasteiger partial charge in [0.05, 0.1) is 32.6 Å². The molecule has 0 saturated carbocycles. The number of halogens is 1. The van der Waals surface area contributed by atoms with Crippen molar-refractivity contribution in [2.45, 2.75) is 13.0 Å². The molecule has 6 heteroatoms. The molecule has 0 bridgehead atoms. The molecule has 0 unspecified atom stereocenters. The lowest BCUT2D eigenvalue weighted by Crippen LogP contribution is -2.40. The number of hydrogen-bond acceptors (Lipinski definition) is 4. The maximum Gasteiger partial charge on any atom is 0.251 e. The summed E-state index contributed by atoms with van der Waals surface area (Å²) < 4.78 is 5.85. The van der Waals surface area contributed by atoms with E-state index in [0.717, 1.165) is 15.6 Å². The van der Waals surface area contributed by atoms with Gasteiger partial charge in [0.1, 0.15) is 0 Å². The molecule has 0 aliphatic heterocycles. The van der Waals surface area contributed by atoms with E-state index in [-0.39, 0.29) is 13.2 Å². The molecule has 1 amide bonds. The monoisotopic (exact) mass is 421 g/mol. The molecule has 0 radical (unpaired) electrons. The van der Waals surface area contributed by atoms with Gasteiger partial charge >= 0.3 is 0 Å². The zero-order valence-electron chi connectivity index (χ0n) is 14.9. The standard InChI is InChI=1S/C20H24BrNO4/c1-15(5-6-16-7-9-18(21)10-8-16)12-17(4-3-11-26-2)20(25)22-19(13-23)14-24/h3-12,19,23-24H,13-14H2,1-2H3,(H,22,25)/b6-5+,11-3+,15-12+,17-4+. The van der Waals surface area contributed by atoms with Crippen LogP contribution in [-0.2, 0) is 9.53 Å². The van der Waals surface area contributed by atoms with Crippen LogP contribution in [0.2, 0.25) is 0 Å². The number of aliphatic hydroxyl groups is 2. The predicted octanol–water partition coefficient (Wildman–Crippen LogP) is 2.96. The van der Waals surface area contributed by atoms with E-state index in [4.69, 9.17) is 14.9 Å². The van der Waals surface area contributed by atoms with E-state index >= 15 is 0 Å². The third-order valence-electron chi connectivity index (χ3n) is 3.32. The second-order valence-corrected chi connectivity index (χ2v) is 6.41. The molecule has 1 rings (SSSR count). The molecule has 0 heterocycles. The number of carbonyl (C=O) groups excluding carboxylic acids is 1. The molecule has 0 fully saturated rings. The van der Waals surface area contributed by atoms with Crippen LogP contribution in [0.25, 0.3) is 6.08 Å². The van der Waals surface area contributed by atoms with Gasteiger partial charge in [-0.15, -0.1) is 0 Å². The molecule has 26 heavy (non-hydrogen) atoms. The second kappa shape index (κ2) is 12.2. The van der Waals surface area contributed by atoms with Gasteiger partial charge in [0, 0.05) is 10.0 Å². The first-order valence-electron chi connectivity index (χ1n) is 8.04. The van der Waals surface area contributed by atoms with Crippen molar-refractivity contribution in [3.05, 3.63) is 76.0 Å². The molecular formula is C20H24BrNO4. The van der Waals surface area contributed by atoms with Gasteiger partial charge in [-0.3, -0.25) is 4.79 Å². The molecule has 0 atom stereocenters. The van der Waals surface area contributed by atoms with Gasteiger partial charge < -0.3 is 20.3 Å². The molecule has 1 aromatic carbocycles. The molecule has 0 aliphatic rings. The number of aliphatic hydroxyl groups excluding tert-OH is 2. The second-order valence-electron chi connectivity index (χ2n) is 5.50. The Labute approximate surface area is 162 Å². The Kier molecular flexibility index (Phi) is 10.3. The van der Waals surface area contributed by atoms with Crippen molar-refractivity contribution in [2.75, 3.05) is 20.3 Å². The van der Waals surface area contributed by atoms with Gasteiger partial charge in [0.2, 0.25) is 0 Å². The topological polar surface area (TPSA) is 78.8 Å². The highest BCUT2D eigenvalue weighted by molar-refractivity contribution is 9.10. The Morgan fingerprint density at radius 1 is 1.27 bits per heavy atom. The highest BCUT2D eigenvalue weighted by Gasteiger charge is 2.12. The number of ether oxygens (including phenoxy) is 1. The Morgan fingerprint density at radius 3 is 2.50 bits per heavy atom. The molecule has 0 saturated heterocycles. The maximum absolute atomic E-state index is 12.4. The molecule has 0 aromatic heterocycles. The first-order chi connectivity index (χ1) is 12.5. The number of allylic oxidation sites excluding steroid dienone is 4. The van der Waals surface area contributed by atoms with Crippen LogP contribution in [0.15, 0.2) is 70.5 Å². The molecule has 0 aliphatic carbocycles. The quantitative estimate of drug-likeness (QED) is 0.325.